The van der Waals surface area contributed by atoms with E-state index in [-0.39, 0.29) is 5.54 Å². The maximum absolute atomic E-state index is 11.8. The lowest BCUT2D eigenvalue weighted by Crippen LogP contribution is -2.62. The zero-order valence-electron chi connectivity index (χ0n) is 12.2. The highest BCUT2D eigenvalue weighted by Gasteiger charge is 2.31. The van der Waals surface area contributed by atoms with Crippen LogP contribution in [-0.4, -0.2) is 56.0 Å². The maximum Gasteiger partial charge on any atom is 0.151 e. The van der Waals surface area contributed by atoms with Gasteiger partial charge in [-0.05, 0) is 26.7 Å². The molecule has 0 aromatic rings. The van der Waals surface area contributed by atoms with Gasteiger partial charge in [-0.2, -0.15) is 0 Å². The molecule has 1 rings (SSSR count). The Morgan fingerprint density at radius 2 is 1.94 bits per heavy atom. The van der Waals surface area contributed by atoms with Gasteiger partial charge in [-0.1, -0.05) is 13.8 Å². The van der Waals surface area contributed by atoms with Crippen LogP contribution in [0, 0.1) is 0 Å². The zero-order chi connectivity index (χ0) is 13.8. The molecule has 0 bridgehead atoms. The largest absolute Gasteiger partial charge is 0.309 e. The summed E-state index contributed by atoms with van der Waals surface area (Å²) in [5.41, 5.74) is 0.0835. The van der Waals surface area contributed by atoms with Gasteiger partial charge in [0, 0.05) is 37.0 Å². The normalized spacial score (nSPS) is 25.2. The summed E-state index contributed by atoms with van der Waals surface area (Å²) in [7, 11) is -2.86. The Bertz CT molecular complexity index is 352. The molecule has 1 fully saturated rings. The van der Waals surface area contributed by atoms with E-state index in [2.05, 4.69) is 31.0 Å². The first-order valence-corrected chi connectivity index (χ1v) is 8.81. The van der Waals surface area contributed by atoms with Gasteiger partial charge in [0.05, 0.1) is 5.75 Å². The summed E-state index contributed by atoms with van der Waals surface area (Å²) in [6, 6.07) is 0.467. The molecule has 5 heteroatoms. The third kappa shape index (κ3) is 4.86. The van der Waals surface area contributed by atoms with Gasteiger partial charge in [-0.3, -0.25) is 4.90 Å². The van der Waals surface area contributed by atoms with Gasteiger partial charge in [-0.15, -0.1) is 0 Å². The van der Waals surface area contributed by atoms with E-state index in [9.17, 15) is 8.42 Å². The minimum atomic E-state index is -2.86. The van der Waals surface area contributed by atoms with Gasteiger partial charge in [0.2, 0.25) is 0 Å². The molecule has 0 aromatic heterocycles. The monoisotopic (exact) mass is 276 g/mol. The molecule has 1 heterocycles. The Morgan fingerprint density at radius 1 is 1.28 bits per heavy atom. The fourth-order valence-electron chi connectivity index (χ4n) is 2.55. The fraction of sp³-hybridized carbons (Fsp3) is 1.00. The Labute approximate surface area is 112 Å². The van der Waals surface area contributed by atoms with Gasteiger partial charge >= 0.3 is 0 Å². The van der Waals surface area contributed by atoms with Crippen LogP contribution >= 0.6 is 0 Å². The van der Waals surface area contributed by atoms with E-state index in [4.69, 9.17) is 0 Å². The van der Waals surface area contributed by atoms with Crippen LogP contribution in [0.25, 0.3) is 0 Å². The number of hydrogen-bond acceptors (Lipinski definition) is 4. The summed E-state index contributed by atoms with van der Waals surface area (Å²) >= 11 is 0. The second-order valence-corrected chi connectivity index (χ2v) is 8.25. The molecule has 1 N–H and O–H groups in total. The van der Waals surface area contributed by atoms with E-state index in [1.165, 1.54) is 0 Å². The van der Waals surface area contributed by atoms with E-state index in [0.717, 1.165) is 19.5 Å². The van der Waals surface area contributed by atoms with Crippen molar-refractivity contribution in [1.29, 1.82) is 0 Å². The van der Waals surface area contributed by atoms with E-state index >= 15 is 0 Å². The van der Waals surface area contributed by atoms with E-state index < -0.39 is 9.84 Å². The van der Waals surface area contributed by atoms with E-state index in [0.29, 0.717) is 30.5 Å². The average Bonchev–Trinajstić information content (AvgIpc) is 2.26. The molecule has 1 aliphatic heterocycles. The zero-order valence-corrected chi connectivity index (χ0v) is 13.0. The Kier molecular flexibility index (Phi) is 5.62. The van der Waals surface area contributed by atoms with E-state index in [1.54, 1.807) is 0 Å². The van der Waals surface area contributed by atoms with Crippen molar-refractivity contribution in [2.75, 3.05) is 31.1 Å². The molecule has 1 aliphatic rings. The summed E-state index contributed by atoms with van der Waals surface area (Å²) in [5, 5.41) is 3.52. The second-order valence-electron chi connectivity index (χ2n) is 5.95. The Hall–Kier alpha value is -0.130. The summed E-state index contributed by atoms with van der Waals surface area (Å²) < 4.78 is 23.6. The summed E-state index contributed by atoms with van der Waals surface area (Å²) in [4.78, 5) is 2.34. The molecule has 1 atom stereocenters. The molecule has 0 spiro atoms. The molecule has 4 nitrogen and oxygen atoms in total. The maximum atomic E-state index is 11.8. The van der Waals surface area contributed by atoms with Crippen LogP contribution < -0.4 is 5.32 Å². The van der Waals surface area contributed by atoms with Crippen molar-refractivity contribution >= 4 is 9.84 Å². The second kappa shape index (κ2) is 6.35. The first-order chi connectivity index (χ1) is 8.29. The highest BCUT2D eigenvalue weighted by Crippen LogP contribution is 2.17. The Morgan fingerprint density at radius 3 is 2.50 bits per heavy atom. The third-order valence-electron chi connectivity index (χ3n) is 3.61. The summed E-state index contributed by atoms with van der Waals surface area (Å²) in [6.45, 7) is 11.0. The van der Waals surface area contributed by atoms with Crippen LogP contribution in [0.1, 0.15) is 40.5 Å². The fourth-order valence-corrected chi connectivity index (χ4v) is 3.89. The highest BCUT2D eigenvalue weighted by atomic mass is 32.2. The molecule has 0 aliphatic carbocycles. The molecule has 1 saturated heterocycles. The van der Waals surface area contributed by atoms with Gasteiger partial charge in [-0.25, -0.2) is 8.42 Å². The number of sulfone groups is 1. The van der Waals surface area contributed by atoms with Crippen molar-refractivity contribution in [2.24, 2.45) is 0 Å². The van der Waals surface area contributed by atoms with Crippen molar-refractivity contribution in [3.05, 3.63) is 0 Å². The van der Waals surface area contributed by atoms with Gasteiger partial charge < -0.3 is 5.32 Å². The standard InChI is InChI=1S/C13H28N2O2S/c1-5-8-18(16,17)9-7-15-11-13(3,4)14-10-12(15)6-2/h12,14H,5-11H2,1-4H3. The molecule has 0 radical (unpaired) electrons. The number of nitrogens with one attached hydrogen (secondary N) is 1. The lowest BCUT2D eigenvalue weighted by atomic mass is 9.98. The molecular weight excluding hydrogens is 248 g/mol. The van der Waals surface area contributed by atoms with Crippen LogP contribution in [0.3, 0.4) is 0 Å². The van der Waals surface area contributed by atoms with Crippen molar-refractivity contribution in [1.82, 2.24) is 10.2 Å². The topological polar surface area (TPSA) is 49.4 Å². The molecule has 18 heavy (non-hydrogen) atoms. The van der Waals surface area contributed by atoms with Crippen LogP contribution in [-0.2, 0) is 9.84 Å². The van der Waals surface area contributed by atoms with Gasteiger partial charge in [0.15, 0.2) is 9.84 Å². The lowest BCUT2D eigenvalue weighted by molar-refractivity contribution is 0.0991. The Balaban J connectivity index is 2.57. The molecule has 0 saturated carbocycles. The predicted molar refractivity (Wildman–Crippen MR) is 76.7 cm³/mol. The van der Waals surface area contributed by atoms with Crippen molar-refractivity contribution in [3.8, 4) is 0 Å². The third-order valence-corrected chi connectivity index (χ3v) is 5.44. The summed E-state index contributed by atoms with van der Waals surface area (Å²) in [6.07, 6.45) is 1.78. The molecule has 0 aromatic carbocycles. The predicted octanol–water partition coefficient (Wildman–Crippen LogP) is 1.27. The first kappa shape index (κ1) is 15.9. The van der Waals surface area contributed by atoms with Gasteiger partial charge in [0.1, 0.15) is 0 Å². The minimum absolute atomic E-state index is 0.0835. The summed E-state index contributed by atoms with van der Waals surface area (Å²) in [5.74, 6) is 0.618. The molecule has 1 unspecified atom stereocenters. The van der Waals surface area contributed by atoms with E-state index in [1.807, 2.05) is 6.92 Å². The number of rotatable bonds is 6. The number of piperazine rings is 1. The SMILES string of the molecule is CCCS(=O)(=O)CCN1CC(C)(C)NCC1CC. The van der Waals surface area contributed by atoms with Crippen LogP contribution in [0.2, 0.25) is 0 Å². The van der Waals surface area contributed by atoms with Crippen molar-refractivity contribution in [2.45, 2.75) is 52.1 Å². The molecule has 108 valence electrons. The quantitative estimate of drug-likeness (QED) is 0.794. The molecular formula is C13H28N2O2S. The van der Waals surface area contributed by atoms with Crippen LogP contribution in [0.15, 0.2) is 0 Å². The first-order valence-electron chi connectivity index (χ1n) is 6.99. The number of hydrogen-bond donors (Lipinski definition) is 1. The van der Waals surface area contributed by atoms with Crippen LogP contribution in [0.4, 0.5) is 0 Å². The highest BCUT2D eigenvalue weighted by molar-refractivity contribution is 7.91. The lowest BCUT2D eigenvalue weighted by Gasteiger charge is -2.44. The minimum Gasteiger partial charge on any atom is -0.309 e. The van der Waals surface area contributed by atoms with Crippen LogP contribution in [0.5, 0.6) is 0 Å². The smallest absolute Gasteiger partial charge is 0.151 e. The van der Waals surface area contributed by atoms with Gasteiger partial charge in [0.25, 0.3) is 0 Å². The van der Waals surface area contributed by atoms with Crippen molar-refractivity contribution in [3.63, 3.8) is 0 Å². The number of nitrogens with zero attached hydrogens (tertiary/aromatic N) is 1. The van der Waals surface area contributed by atoms with Crippen molar-refractivity contribution < 1.29 is 8.42 Å². The molecule has 0 amide bonds. The average molecular weight is 276 g/mol.